The lowest BCUT2D eigenvalue weighted by Gasteiger charge is -2.10. The van der Waals surface area contributed by atoms with Crippen LogP contribution in [0.3, 0.4) is 0 Å². The Labute approximate surface area is 92.4 Å². The normalized spacial score (nSPS) is 12.3. The summed E-state index contributed by atoms with van der Waals surface area (Å²) in [6, 6.07) is 8.71. The molecule has 1 N–H and O–H groups in total. The molecule has 16 heavy (non-hydrogen) atoms. The van der Waals surface area contributed by atoms with Crippen molar-refractivity contribution >= 4 is 5.97 Å². The molecule has 1 unspecified atom stereocenters. The van der Waals surface area contributed by atoms with Crippen LogP contribution in [0.2, 0.25) is 0 Å². The predicted octanol–water partition coefficient (Wildman–Crippen LogP) is 1.59. The molecule has 0 aliphatic carbocycles. The van der Waals surface area contributed by atoms with Crippen molar-refractivity contribution in [3.63, 3.8) is 0 Å². The Bertz CT molecular complexity index is 493. The lowest BCUT2D eigenvalue weighted by atomic mass is 10.2. The average Bonchev–Trinajstić information content (AvgIpc) is 2.77. The molecule has 2 aromatic rings. The average molecular weight is 217 g/mol. The van der Waals surface area contributed by atoms with Crippen LogP contribution in [0.5, 0.6) is 0 Å². The summed E-state index contributed by atoms with van der Waals surface area (Å²) >= 11 is 0. The zero-order chi connectivity index (χ0) is 11.5. The van der Waals surface area contributed by atoms with Gasteiger partial charge in [-0.2, -0.15) is 0 Å². The van der Waals surface area contributed by atoms with Gasteiger partial charge in [0.25, 0.3) is 0 Å². The number of aliphatic carboxylic acids is 1. The van der Waals surface area contributed by atoms with Gasteiger partial charge in [0, 0.05) is 5.56 Å². The highest BCUT2D eigenvalue weighted by molar-refractivity contribution is 5.72. The van der Waals surface area contributed by atoms with Crippen LogP contribution in [0.1, 0.15) is 13.0 Å². The largest absolute Gasteiger partial charge is 0.480 e. The number of benzene rings is 1. The van der Waals surface area contributed by atoms with E-state index in [1.165, 1.54) is 10.9 Å². The molecule has 0 amide bonds. The summed E-state index contributed by atoms with van der Waals surface area (Å²) in [6.07, 6.45) is 1.43. The first-order valence-corrected chi connectivity index (χ1v) is 4.88. The Morgan fingerprint density at radius 3 is 2.69 bits per heavy atom. The number of rotatable bonds is 3. The third kappa shape index (κ3) is 1.79. The summed E-state index contributed by atoms with van der Waals surface area (Å²) in [5.41, 5.74) is 0.855. The van der Waals surface area contributed by atoms with Gasteiger partial charge in [0.05, 0.1) is 0 Å². The minimum absolute atomic E-state index is 0.565. The quantitative estimate of drug-likeness (QED) is 0.847. The zero-order valence-corrected chi connectivity index (χ0v) is 8.74. The highest BCUT2D eigenvalue weighted by Gasteiger charge is 2.17. The smallest absolute Gasteiger partial charge is 0.326 e. The number of hydrogen-bond donors (Lipinski definition) is 1. The molecule has 1 aromatic heterocycles. The maximum absolute atomic E-state index is 10.9. The van der Waals surface area contributed by atoms with Crippen molar-refractivity contribution in [3.8, 4) is 11.4 Å². The van der Waals surface area contributed by atoms with Crippen molar-refractivity contribution in [1.82, 2.24) is 14.8 Å². The van der Waals surface area contributed by atoms with Gasteiger partial charge < -0.3 is 5.11 Å². The van der Waals surface area contributed by atoms with Crippen LogP contribution in [0, 0.1) is 0 Å². The minimum Gasteiger partial charge on any atom is -0.480 e. The fourth-order valence-corrected chi connectivity index (χ4v) is 1.44. The summed E-state index contributed by atoms with van der Waals surface area (Å²) in [5.74, 6) is -0.340. The molecule has 0 bridgehead atoms. The molecule has 1 aromatic carbocycles. The maximum atomic E-state index is 10.9. The third-order valence-electron chi connectivity index (χ3n) is 2.38. The Balaban J connectivity index is 2.44. The van der Waals surface area contributed by atoms with Crippen LogP contribution in [0.25, 0.3) is 11.4 Å². The Morgan fingerprint density at radius 1 is 1.38 bits per heavy atom. The molecular weight excluding hydrogens is 206 g/mol. The van der Waals surface area contributed by atoms with Gasteiger partial charge in [-0.05, 0) is 6.92 Å². The second-order valence-corrected chi connectivity index (χ2v) is 3.44. The summed E-state index contributed by atoms with van der Waals surface area (Å²) in [5, 5.41) is 16.6. The van der Waals surface area contributed by atoms with Crippen LogP contribution in [-0.2, 0) is 4.79 Å². The predicted molar refractivity (Wildman–Crippen MR) is 57.8 cm³/mol. The standard InChI is InChI=1S/C11H11N3O2/c1-8(11(15)16)14-7-12-13-10(14)9-5-3-2-4-6-9/h2-8H,1H3,(H,15,16). The molecule has 5 nitrogen and oxygen atoms in total. The fraction of sp³-hybridized carbons (Fsp3) is 0.182. The van der Waals surface area contributed by atoms with E-state index in [9.17, 15) is 4.79 Å². The highest BCUT2D eigenvalue weighted by atomic mass is 16.4. The number of aromatic nitrogens is 3. The number of carbonyl (C=O) groups is 1. The van der Waals surface area contributed by atoms with Crippen molar-refractivity contribution in [2.45, 2.75) is 13.0 Å². The van der Waals surface area contributed by atoms with E-state index < -0.39 is 12.0 Å². The number of hydrogen-bond acceptors (Lipinski definition) is 3. The topological polar surface area (TPSA) is 68.0 Å². The molecule has 0 radical (unpaired) electrons. The lowest BCUT2D eigenvalue weighted by molar-refractivity contribution is -0.140. The van der Waals surface area contributed by atoms with Crippen LogP contribution in [0.4, 0.5) is 0 Å². The summed E-state index contributed by atoms with van der Waals surface area (Å²) in [4.78, 5) is 10.9. The van der Waals surface area contributed by atoms with Gasteiger partial charge in [-0.15, -0.1) is 10.2 Å². The van der Waals surface area contributed by atoms with E-state index in [-0.39, 0.29) is 0 Å². The van der Waals surface area contributed by atoms with E-state index in [0.29, 0.717) is 5.82 Å². The Morgan fingerprint density at radius 2 is 2.06 bits per heavy atom. The van der Waals surface area contributed by atoms with Gasteiger partial charge in [0.15, 0.2) is 5.82 Å². The number of nitrogens with zero attached hydrogens (tertiary/aromatic N) is 3. The van der Waals surface area contributed by atoms with Crippen LogP contribution in [0.15, 0.2) is 36.7 Å². The Hall–Kier alpha value is -2.17. The van der Waals surface area contributed by atoms with Gasteiger partial charge in [-0.25, -0.2) is 4.79 Å². The molecular formula is C11H11N3O2. The van der Waals surface area contributed by atoms with E-state index >= 15 is 0 Å². The van der Waals surface area contributed by atoms with E-state index in [2.05, 4.69) is 10.2 Å². The Kier molecular flexibility index (Phi) is 2.68. The summed E-state index contributed by atoms with van der Waals surface area (Å²) in [7, 11) is 0. The van der Waals surface area contributed by atoms with Crippen LogP contribution in [-0.4, -0.2) is 25.8 Å². The molecule has 0 fully saturated rings. The molecule has 1 atom stereocenters. The number of carboxylic acid groups (broad SMARTS) is 1. The zero-order valence-electron chi connectivity index (χ0n) is 8.74. The van der Waals surface area contributed by atoms with Crippen molar-refractivity contribution in [2.75, 3.05) is 0 Å². The van der Waals surface area contributed by atoms with Crippen molar-refractivity contribution in [2.24, 2.45) is 0 Å². The van der Waals surface area contributed by atoms with E-state index in [1.807, 2.05) is 30.3 Å². The molecule has 5 heteroatoms. The molecule has 2 rings (SSSR count). The minimum atomic E-state index is -0.906. The van der Waals surface area contributed by atoms with Gasteiger partial charge >= 0.3 is 5.97 Å². The third-order valence-corrected chi connectivity index (χ3v) is 2.38. The van der Waals surface area contributed by atoms with Gasteiger partial charge in [-0.3, -0.25) is 4.57 Å². The second-order valence-electron chi connectivity index (χ2n) is 3.44. The first kappa shape index (κ1) is 10.4. The molecule has 0 spiro atoms. The molecule has 82 valence electrons. The van der Waals surface area contributed by atoms with E-state index in [0.717, 1.165) is 5.56 Å². The van der Waals surface area contributed by atoms with Crippen molar-refractivity contribution < 1.29 is 9.90 Å². The van der Waals surface area contributed by atoms with Gasteiger partial charge in [0.1, 0.15) is 12.4 Å². The van der Waals surface area contributed by atoms with Crippen molar-refractivity contribution in [1.29, 1.82) is 0 Å². The molecule has 0 saturated carbocycles. The molecule has 0 aliphatic rings. The number of carboxylic acids is 1. The molecule has 0 aliphatic heterocycles. The van der Waals surface area contributed by atoms with Gasteiger partial charge in [-0.1, -0.05) is 30.3 Å². The fourth-order valence-electron chi connectivity index (χ4n) is 1.44. The monoisotopic (exact) mass is 217 g/mol. The maximum Gasteiger partial charge on any atom is 0.326 e. The van der Waals surface area contributed by atoms with E-state index in [4.69, 9.17) is 5.11 Å². The summed E-state index contributed by atoms with van der Waals surface area (Å²) < 4.78 is 1.54. The first-order valence-electron chi connectivity index (χ1n) is 4.88. The van der Waals surface area contributed by atoms with Crippen molar-refractivity contribution in [3.05, 3.63) is 36.7 Å². The molecule has 0 saturated heterocycles. The second kappa shape index (κ2) is 4.14. The van der Waals surface area contributed by atoms with Crippen LogP contribution >= 0.6 is 0 Å². The van der Waals surface area contributed by atoms with Crippen LogP contribution < -0.4 is 0 Å². The first-order chi connectivity index (χ1) is 7.70. The highest BCUT2D eigenvalue weighted by Crippen LogP contribution is 2.19. The molecule has 1 heterocycles. The lowest BCUT2D eigenvalue weighted by Crippen LogP contribution is -2.15. The summed E-state index contributed by atoms with van der Waals surface area (Å²) in [6.45, 7) is 1.60. The van der Waals surface area contributed by atoms with E-state index in [1.54, 1.807) is 6.92 Å². The van der Waals surface area contributed by atoms with Gasteiger partial charge in [0.2, 0.25) is 0 Å². The SMILES string of the molecule is CC(C(=O)O)n1cnnc1-c1ccccc1.